The van der Waals surface area contributed by atoms with Gasteiger partial charge in [-0.25, -0.2) is 0 Å². The van der Waals surface area contributed by atoms with E-state index in [1.165, 1.54) is 0 Å². The van der Waals surface area contributed by atoms with E-state index in [4.69, 9.17) is 0 Å². The number of pyridine rings is 1. The number of aliphatic hydroxyl groups excluding tert-OH is 1. The van der Waals surface area contributed by atoms with E-state index in [1.54, 1.807) is 6.20 Å². The van der Waals surface area contributed by atoms with Crippen LogP contribution in [0.1, 0.15) is 23.6 Å². The van der Waals surface area contributed by atoms with Gasteiger partial charge in [0.25, 0.3) is 0 Å². The molecule has 2 N–H and O–H groups in total. The molecule has 2 aromatic rings. The van der Waals surface area contributed by atoms with Crippen LogP contribution in [-0.4, -0.2) is 22.7 Å². The molecule has 1 aromatic heterocycles. The van der Waals surface area contributed by atoms with Gasteiger partial charge in [0, 0.05) is 17.6 Å². The second-order valence-corrected chi connectivity index (χ2v) is 4.86. The van der Waals surface area contributed by atoms with Crippen LogP contribution >= 0.6 is 0 Å². The van der Waals surface area contributed by atoms with Crippen molar-refractivity contribution in [2.75, 3.05) is 11.9 Å². The first kappa shape index (κ1) is 13.3. The van der Waals surface area contributed by atoms with Gasteiger partial charge < -0.3 is 10.4 Å². The normalized spacial score (nSPS) is 12.2. The van der Waals surface area contributed by atoms with Gasteiger partial charge in [0.2, 0.25) is 0 Å². The number of hydrogen-bond acceptors (Lipinski definition) is 4. The Balaban J connectivity index is 2.72. The largest absolute Gasteiger partial charge is 0.394 e. The summed E-state index contributed by atoms with van der Waals surface area (Å²) in [5, 5.41) is 22.5. The van der Waals surface area contributed by atoms with E-state index in [9.17, 15) is 10.4 Å². The number of hydrogen-bond donors (Lipinski definition) is 2. The molecular weight excluding hydrogens is 238 g/mol. The summed E-state index contributed by atoms with van der Waals surface area (Å²) in [6.45, 7) is 5.91. The summed E-state index contributed by atoms with van der Waals surface area (Å²) >= 11 is 0. The highest BCUT2D eigenvalue weighted by Crippen LogP contribution is 2.29. The summed E-state index contributed by atoms with van der Waals surface area (Å²) in [6, 6.07) is 6.12. The van der Waals surface area contributed by atoms with E-state index in [1.807, 2.05) is 26.8 Å². The number of rotatable bonds is 3. The number of nitriles is 1. The number of fused-ring (bicyclic) bond motifs is 1. The molecule has 0 aliphatic rings. The molecule has 1 heterocycles. The minimum absolute atomic E-state index is 0.0134. The molecule has 0 saturated carbocycles. The van der Waals surface area contributed by atoms with Gasteiger partial charge in [0.1, 0.15) is 6.07 Å². The van der Waals surface area contributed by atoms with Crippen molar-refractivity contribution < 1.29 is 5.11 Å². The van der Waals surface area contributed by atoms with Gasteiger partial charge in [-0.2, -0.15) is 5.26 Å². The van der Waals surface area contributed by atoms with E-state index in [0.717, 1.165) is 27.7 Å². The molecule has 98 valence electrons. The molecular formula is C15H17N3O. The van der Waals surface area contributed by atoms with Crippen LogP contribution in [-0.2, 0) is 0 Å². The lowest BCUT2D eigenvalue weighted by Crippen LogP contribution is -2.20. The molecule has 0 aliphatic heterocycles. The Morgan fingerprint density at radius 3 is 2.79 bits per heavy atom. The van der Waals surface area contributed by atoms with Gasteiger partial charge in [-0.3, -0.25) is 4.98 Å². The first-order valence-electron chi connectivity index (χ1n) is 6.24. The summed E-state index contributed by atoms with van der Waals surface area (Å²) < 4.78 is 0. The quantitative estimate of drug-likeness (QED) is 0.884. The van der Waals surface area contributed by atoms with Crippen LogP contribution in [0, 0.1) is 25.2 Å². The third-order valence-electron chi connectivity index (χ3n) is 3.09. The van der Waals surface area contributed by atoms with Gasteiger partial charge in [-0.1, -0.05) is 11.6 Å². The minimum Gasteiger partial charge on any atom is -0.394 e. The standard InChI is InChI=1S/C15H17N3O/c1-9-4-10(2)14-13(5-9)15(18-11(3)8-19)12(6-16)7-17-14/h4-5,7,11,19H,8H2,1-3H3,(H,17,18)/t11-/m0/s1. The zero-order valence-corrected chi connectivity index (χ0v) is 11.4. The number of anilines is 1. The first-order valence-corrected chi connectivity index (χ1v) is 6.24. The molecule has 0 amide bonds. The Morgan fingerprint density at radius 2 is 2.16 bits per heavy atom. The molecule has 1 atom stereocenters. The average molecular weight is 255 g/mol. The third-order valence-corrected chi connectivity index (χ3v) is 3.09. The Bertz CT molecular complexity index is 658. The molecule has 4 nitrogen and oxygen atoms in total. The van der Waals surface area contributed by atoms with Crippen molar-refractivity contribution in [1.82, 2.24) is 4.98 Å². The summed E-state index contributed by atoms with van der Waals surface area (Å²) in [4.78, 5) is 4.36. The fraction of sp³-hybridized carbons (Fsp3) is 0.333. The summed E-state index contributed by atoms with van der Waals surface area (Å²) in [6.07, 6.45) is 1.58. The summed E-state index contributed by atoms with van der Waals surface area (Å²) in [7, 11) is 0. The van der Waals surface area contributed by atoms with Gasteiger partial charge in [0.05, 0.1) is 23.4 Å². The number of nitrogens with one attached hydrogen (secondary N) is 1. The molecule has 1 aromatic carbocycles. The lowest BCUT2D eigenvalue weighted by molar-refractivity contribution is 0.281. The maximum atomic E-state index is 9.21. The van der Waals surface area contributed by atoms with E-state index >= 15 is 0 Å². The molecule has 0 saturated heterocycles. The molecule has 0 radical (unpaired) electrons. The van der Waals surface area contributed by atoms with Crippen LogP contribution in [0.25, 0.3) is 10.9 Å². The molecule has 0 aliphatic carbocycles. The van der Waals surface area contributed by atoms with Crippen LogP contribution in [0.3, 0.4) is 0 Å². The molecule has 0 fully saturated rings. The second kappa shape index (κ2) is 5.25. The number of nitrogens with zero attached hydrogens (tertiary/aromatic N) is 2. The van der Waals surface area contributed by atoms with Crippen LogP contribution in [0.2, 0.25) is 0 Å². The van der Waals surface area contributed by atoms with Crippen molar-refractivity contribution in [3.8, 4) is 6.07 Å². The topological polar surface area (TPSA) is 68.9 Å². The second-order valence-electron chi connectivity index (χ2n) is 4.86. The summed E-state index contributed by atoms with van der Waals surface area (Å²) in [5.41, 5.74) is 4.34. The zero-order valence-electron chi connectivity index (χ0n) is 11.4. The number of aliphatic hydroxyl groups is 1. The van der Waals surface area contributed by atoms with E-state index in [2.05, 4.69) is 22.4 Å². The number of aromatic nitrogens is 1. The first-order chi connectivity index (χ1) is 9.06. The van der Waals surface area contributed by atoms with Gasteiger partial charge in [0.15, 0.2) is 0 Å². The number of benzene rings is 1. The Kier molecular flexibility index (Phi) is 3.68. The molecule has 0 unspecified atom stereocenters. The van der Waals surface area contributed by atoms with Crippen molar-refractivity contribution in [2.24, 2.45) is 0 Å². The van der Waals surface area contributed by atoms with Crippen molar-refractivity contribution in [3.05, 3.63) is 35.0 Å². The van der Waals surface area contributed by atoms with Crippen LogP contribution in [0.5, 0.6) is 0 Å². The van der Waals surface area contributed by atoms with Crippen LogP contribution in [0.15, 0.2) is 18.3 Å². The van der Waals surface area contributed by atoms with Gasteiger partial charge in [-0.05, 0) is 32.4 Å². The molecule has 19 heavy (non-hydrogen) atoms. The maximum absolute atomic E-state index is 9.21. The minimum atomic E-state index is -0.112. The van der Waals surface area contributed by atoms with Gasteiger partial charge in [-0.15, -0.1) is 0 Å². The highest BCUT2D eigenvalue weighted by Gasteiger charge is 2.12. The van der Waals surface area contributed by atoms with Crippen molar-refractivity contribution in [2.45, 2.75) is 26.8 Å². The Hall–Kier alpha value is -2.12. The third kappa shape index (κ3) is 2.51. The van der Waals surface area contributed by atoms with Crippen molar-refractivity contribution >= 4 is 16.6 Å². The predicted molar refractivity (Wildman–Crippen MR) is 76.1 cm³/mol. The van der Waals surface area contributed by atoms with E-state index in [-0.39, 0.29) is 12.6 Å². The lowest BCUT2D eigenvalue weighted by atomic mass is 10.0. The van der Waals surface area contributed by atoms with Crippen molar-refractivity contribution in [3.63, 3.8) is 0 Å². The molecule has 0 bridgehead atoms. The SMILES string of the molecule is Cc1cc(C)c2ncc(C#N)c(N[C@@H](C)CO)c2c1. The monoisotopic (exact) mass is 255 g/mol. The van der Waals surface area contributed by atoms with Gasteiger partial charge >= 0.3 is 0 Å². The zero-order chi connectivity index (χ0) is 14.0. The van der Waals surface area contributed by atoms with E-state index < -0.39 is 0 Å². The fourth-order valence-corrected chi connectivity index (χ4v) is 2.19. The molecule has 2 rings (SSSR count). The average Bonchev–Trinajstić information content (AvgIpc) is 2.39. The fourth-order valence-electron chi connectivity index (χ4n) is 2.19. The highest BCUT2D eigenvalue weighted by molar-refractivity contribution is 5.96. The maximum Gasteiger partial charge on any atom is 0.103 e. The number of aryl methyl sites for hydroxylation is 2. The smallest absolute Gasteiger partial charge is 0.103 e. The Morgan fingerprint density at radius 1 is 1.42 bits per heavy atom. The predicted octanol–water partition coefficient (Wildman–Crippen LogP) is 2.52. The highest BCUT2D eigenvalue weighted by atomic mass is 16.3. The molecule has 4 heteroatoms. The lowest BCUT2D eigenvalue weighted by Gasteiger charge is -2.16. The van der Waals surface area contributed by atoms with Crippen LogP contribution in [0.4, 0.5) is 5.69 Å². The molecule has 0 spiro atoms. The Labute approximate surface area is 112 Å². The van der Waals surface area contributed by atoms with E-state index in [0.29, 0.717) is 5.56 Å². The summed E-state index contributed by atoms with van der Waals surface area (Å²) in [5.74, 6) is 0. The van der Waals surface area contributed by atoms with Crippen LogP contribution < -0.4 is 5.32 Å². The van der Waals surface area contributed by atoms with Crippen molar-refractivity contribution in [1.29, 1.82) is 5.26 Å².